The third-order valence-electron chi connectivity index (χ3n) is 4.22. The smallest absolute Gasteiger partial charge is 0.338 e. The average molecular weight is 402 g/mol. The number of hydrogen-bond donors (Lipinski definition) is 1. The lowest BCUT2D eigenvalue weighted by atomic mass is 10.1. The summed E-state index contributed by atoms with van der Waals surface area (Å²) in [6, 6.07) is 15.0. The van der Waals surface area contributed by atoms with Gasteiger partial charge in [-0.05, 0) is 61.6 Å². The van der Waals surface area contributed by atoms with Crippen LogP contribution in [-0.2, 0) is 9.53 Å². The molecule has 0 aliphatic carbocycles. The summed E-state index contributed by atoms with van der Waals surface area (Å²) in [4.78, 5) is 24.6. The number of hydrogen-bond acceptors (Lipinski definition) is 5. The fourth-order valence-corrected chi connectivity index (χ4v) is 5.51. The third kappa shape index (κ3) is 5.53. The van der Waals surface area contributed by atoms with Gasteiger partial charge in [0.05, 0.1) is 10.1 Å². The summed E-state index contributed by atoms with van der Waals surface area (Å²) >= 11 is 3.88. The largest absolute Gasteiger partial charge is 0.449 e. The highest BCUT2D eigenvalue weighted by Crippen LogP contribution is 2.43. The van der Waals surface area contributed by atoms with E-state index in [1.54, 1.807) is 19.1 Å². The molecule has 2 aromatic carbocycles. The SMILES string of the molecule is Cc1ccc(NC(=O)[C@H](C)OC(=O)c2ccc(C3SCCCS3)cc2)cc1. The molecule has 3 rings (SSSR count). The van der Waals surface area contributed by atoms with Crippen molar-refractivity contribution >= 4 is 41.1 Å². The molecule has 1 saturated heterocycles. The van der Waals surface area contributed by atoms with E-state index in [0.29, 0.717) is 15.8 Å². The van der Waals surface area contributed by atoms with Gasteiger partial charge in [0.25, 0.3) is 5.91 Å². The van der Waals surface area contributed by atoms with Crippen molar-refractivity contribution in [1.82, 2.24) is 0 Å². The zero-order valence-electron chi connectivity index (χ0n) is 15.4. The first-order chi connectivity index (χ1) is 13.0. The molecule has 0 saturated carbocycles. The second-order valence-electron chi connectivity index (χ2n) is 6.45. The van der Waals surface area contributed by atoms with Crippen molar-refractivity contribution in [3.05, 3.63) is 65.2 Å². The predicted molar refractivity (Wildman–Crippen MR) is 113 cm³/mol. The zero-order chi connectivity index (χ0) is 19.2. The van der Waals surface area contributed by atoms with E-state index in [0.717, 1.165) is 5.56 Å². The van der Waals surface area contributed by atoms with E-state index in [4.69, 9.17) is 4.74 Å². The topological polar surface area (TPSA) is 55.4 Å². The molecule has 1 aliphatic rings. The van der Waals surface area contributed by atoms with E-state index in [9.17, 15) is 9.59 Å². The molecule has 6 heteroatoms. The summed E-state index contributed by atoms with van der Waals surface area (Å²) in [6.45, 7) is 3.55. The van der Waals surface area contributed by atoms with Gasteiger partial charge < -0.3 is 10.1 Å². The van der Waals surface area contributed by atoms with Gasteiger partial charge in [-0.25, -0.2) is 4.79 Å². The van der Waals surface area contributed by atoms with Gasteiger partial charge in [-0.15, -0.1) is 23.5 Å². The highest BCUT2D eigenvalue weighted by molar-refractivity contribution is 8.16. The number of carbonyl (C=O) groups excluding carboxylic acids is 2. The molecule has 0 bridgehead atoms. The first-order valence-electron chi connectivity index (χ1n) is 8.94. The second-order valence-corrected chi connectivity index (χ2v) is 9.18. The molecule has 1 fully saturated rings. The minimum Gasteiger partial charge on any atom is -0.449 e. The standard InChI is InChI=1S/C21H23NO3S2/c1-14-4-10-18(11-5-14)22-19(23)15(2)25-20(24)16-6-8-17(9-7-16)21-26-12-3-13-27-21/h4-11,15,21H,3,12-13H2,1-2H3,(H,22,23)/t15-/m0/s1. The van der Waals surface area contributed by atoms with Crippen LogP contribution >= 0.6 is 23.5 Å². The molecule has 4 nitrogen and oxygen atoms in total. The number of amides is 1. The Bertz CT molecular complexity index is 784. The number of anilines is 1. The monoisotopic (exact) mass is 401 g/mol. The Morgan fingerprint density at radius 1 is 1.04 bits per heavy atom. The zero-order valence-corrected chi connectivity index (χ0v) is 17.1. The number of nitrogens with one attached hydrogen (secondary N) is 1. The molecule has 0 radical (unpaired) electrons. The van der Waals surface area contributed by atoms with E-state index in [1.165, 1.54) is 23.5 Å². The summed E-state index contributed by atoms with van der Waals surface area (Å²) in [6.07, 6.45) is 0.377. The quantitative estimate of drug-likeness (QED) is 0.711. The Morgan fingerprint density at radius 3 is 2.30 bits per heavy atom. The highest BCUT2D eigenvalue weighted by atomic mass is 32.2. The Labute approximate surface area is 168 Å². The lowest BCUT2D eigenvalue weighted by molar-refractivity contribution is -0.123. The van der Waals surface area contributed by atoms with Crippen LogP contribution in [0.4, 0.5) is 5.69 Å². The van der Waals surface area contributed by atoms with Crippen molar-refractivity contribution in [1.29, 1.82) is 0 Å². The van der Waals surface area contributed by atoms with Crippen LogP contribution in [-0.4, -0.2) is 29.5 Å². The Balaban J connectivity index is 1.55. The van der Waals surface area contributed by atoms with E-state index < -0.39 is 12.1 Å². The molecule has 2 aromatic rings. The van der Waals surface area contributed by atoms with Crippen molar-refractivity contribution in [2.45, 2.75) is 31.0 Å². The molecule has 1 amide bonds. The van der Waals surface area contributed by atoms with Crippen molar-refractivity contribution < 1.29 is 14.3 Å². The predicted octanol–water partition coefficient (Wildman–Crippen LogP) is 5.05. The van der Waals surface area contributed by atoms with E-state index in [2.05, 4.69) is 5.32 Å². The van der Waals surface area contributed by atoms with Crippen LogP contribution in [0.1, 0.15) is 39.4 Å². The first kappa shape index (κ1) is 19.8. The third-order valence-corrected chi connectivity index (χ3v) is 7.23. The van der Waals surface area contributed by atoms with Gasteiger partial charge in [-0.3, -0.25) is 4.79 Å². The van der Waals surface area contributed by atoms with E-state index in [-0.39, 0.29) is 5.91 Å². The summed E-state index contributed by atoms with van der Waals surface area (Å²) in [7, 11) is 0. The number of ether oxygens (including phenoxy) is 1. The number of benzene rings is 2. The molecule has 142 valence electrons. The average Bonchev–Trinajstić information content (AvgIpc) is 2.70. The lowest BCUT2D eigenvalue weighted by Crippen LogP contribution is -2.30. The van der Waals surface area contributed by atoms with Gasteiger partial charge >= 0.3 is 5.97 Å². The minimum absolute atomic E-state index is 0.348. The highest BCUT2D eigenvalue weighted by Gasteiger charge is 2.20. The fourth-order valence-electron chi connectivity index (χ4n) is 2.62. The van der Waals surface area contributed by atoms with Crippen LogP contribution in [0.2, 0.25) is 0 Å². The molecule has 0 aromatic heterocycles. The Hall–Kier alpha value is -1.92. The van der Waals surface area contributed by atoms with Crippen LogP contribution in [0, 0.1) is 6.92 Å². The van der Waals surface area contributed by atoms with Gasteiger partial charge in [0.15, 0.2) is 6.10 Å². The maximum absolute atomic E-state index is 12.3. The number of thioether (sulfide) groups is 2. The minimum atomic E-state index is -0.872. The molecule has 27 heavy (non-hydrogen) atoms. The molecule has 1 N–H and O–H groups in total. The number of carbonyl (C=O) groups is 2. The first-order valence-corrected chi connectivity index (χ1v) is 11.0. The van der Waals surface area contributed by atoms with Crippen LogP contribution in [0.15, 0.2) is 48.5 Å². The van der Waals surface area contributed by atoms with E-state index >= 15 is 0 Å². The second kappa shape index (κ2) is 9.33. The fraction of sp³-hybridized carbons (Fsp3) is 0.333. The van der Waals surface area contributed by atoms with Gasteiger partial charge in [0, 0.05) is 5.69 Å². The summed E-state index contributed by atoms with van der Waals surface area (Å²) in [5.74, 6) is 1.51. The molecule has 1 atom stereocenters. The summed E-state index contributed by atoms with van der Waals surface area (Å²) in [5.41, 5.74) is 3.47. The Morgan fingerprint density at radius 2 is 1.67 bits per heavy atom. The maximum atomic E-state index is 12.3. The van der Waals surface area contributed by atoms with Crippen LogP contribution < -0.4 is 5.32 Å². The number of esters is 1. The molecule has 0 spiro atoms. The molecule has 1 heterocycles. The van der Waals surface area contributed by atoms with Gasteiger partial charge in [0.2, 0.25) is 0 Å². The van der Waals surface area contributed by atoms with Crippen LogP contribution in [0.25, 0.3) is 0 Å². The van der Waals surface area contributed by atoms with Gasteiger partial charge in [0.1, 0.15) is 0 Å². The van der Waals surface area contributed by atoms with E-state index in [1.807, 2.05) is 66.8 Å². The normalized spacial score (nSPS) is 15.8. The summed E-state index contributed by atoms with van der Waals surface area (Å²) < 4.78 is 5.75. The molecular weight excluding hydrogens is 378 g/mol. The van der Waals surface area contributed by atoms with Crippen molar-refractivity contribution in [3.63, 3.8) is 0 Å². The summed E-state index contributed by atoms with van der Waals surface area (Å²) in [5, 5.41) is 2.76. The number of rotatable bonds is 5. The molecule has 0 unspecified atom stereocenters. The van der Waals surface area contributed by atoms with Crippen molar-refractivity contribution in [2.75, 3.05) is 16.8 Å². The molecule has 1 aliphatic heterocycles. The van der Waals surface area contributed by atoms with Crippen LogP contribution in [0.5, 0.6) is 0 Å². The maximum Gasteiger partial charge on any atom is 0.338 e. The molecular formula is C21H23NO3S2. The van der Waals surface area contributed by atoms with Gasteiger partial charge in [-0.2, -0.15) is 0 Å². The van der Waals surface area contributed by atoms with Crippen LogP contribution in [0.3, 0.4) is 0 Å². The van der Waals surface area contributed by atoms with Crippen molar-refractivity contribution in [2.24, 2.45) is 0 Å². The Kier molecular flexibility index (Phi) is 6.85. The van der Waals surface area contributed by atoms with Gasteiger partial charge in [-0.1, -0.05) is 29.8 Å². The lowest BCUT2D eigenvalue weighted by Gasteiger charge is -2.21. The van der Waals surface area contributed by atoms with Crippen molar-refractivity contribution in [3.8, 4) is 0 Å². The number of aryl methyl sites for hydroxylation is 1.